The molecule has 3 rings (SSSR count). The van der Waals surface area contributed by atoms with Gasteiger partial charge in [0.15, 0.2) is 11.5 Å². The van der Waals surface area contributed by atoms with Crippen LogP contribution in [0.3, 0.4) is 0 Å². The summed E-state index contributed by atoms with van der Waals surface area (Å²) >= 11 is 0. The lowest BCUT2D eigenvalue weighted by Gasteiger charge is -2.15. The van der Waals surface area contributed by atoms with Crippen LogP contribution in [0.5, 0.6) is 17.2 Å². The van der Waals surface area contributed by atoms with E-state index in [1.54, 1.807) is 12.1 Å². The molecule has 6 nitrogen and oxygen atoms in total. The SMILES string of the molecule is COc1ccc(C(=O)Nc2ccc(Nc3ccccc3)cc2)c(OC)c1OC. The third-order valence-corrected chi connectivity index (χ3v) is 4.15. The monoisotopic (exact) mass is 378 g/mol. The summed E-state index contributed by atoms with van der Waals surface area (Å²) in [7, 11) is 4.51. The third-order valence-electron chi connectivity index (χ3n) is 4.15. The normalized spacial score (nSPS) is 10.1. The second kappa shape index (κ2) is 8.81. The van der Waals surface area contributed by atoms with Crippen molar-refractivity contribution >= 4 is 23.0 Å². The first-order valence-corrected chi connectivity index (χ1v) is 8.68. The van der Waals surface area contributed by atoms with Crippen molar-refractivity contribution in [3.63, 3.8) is 0 Å². The van der Waals surface area contributed by atoms with Crippen LogP contribution >= 0.6 is 0 Å². The first-order valence-electron chi connectivity index (χ1n) is 8.68. The van der Waals surface area contributed by atoms with E-state index in [0.717, 1.165) is 11.4 Å². The molecule has 0 heterocycles. The summed E-state index contributed by atoms with van der Waals surface area (Å²) in [5.74, 6) is 0.885. The Morgan fingerprint density at radius 3 is 1.89 bits per heavy atom. The summed E-state index contributed by atoms with van der Waals surface area (Å²) in [6.07, 6.45) is 0. The zero-order valence-electron chi connectivity index (χ0n) is 16.0. The fraction of sp³-hybridized carbons (Fsp3) is 0.136. The summed E-state index contributed by atoms with van der Waals surface area (Å²) in [5.41, 5.74) is 2.94. The zero-order chi connectivity index (χ0) is 19.9. The predicted molar refractivity (Wildman–Crippen MR) is 110 cm³/mol. The van der Waals surface area contributed by atoms with Gasteiger partial charge in [0.1, 0.15) is 0 Å². The number of ether oxygens (including phenoxy) is 3. The average molecular weight is 378 g/mol. The molecule has 0 aliphatic heterocycles. The van der Waals surface area contributed by atoms with Crippen LogP contribution in [0.4, 0.5) is 17.1 Å². The maximum Gasteiger partial charge on any atom is 0.259 e. The Labute approximate surface area is 164 Å². The number of carbonyl (C=O) groups excluding carboxylic acids is 1. The van der Waals surface area contributed by atoms with Crippen molar-refractivity contribution in [3.05, 3.63) is 72.3 Å². The van der Waals surface area contributed by atoms with Crippen molar-refractivity contribution in [2.75, 3.05) is 32.0 Å². The number of methoxy groups -OCH3 is 3. The van der Waals surface area contributed by atoms with Gasteiger partial charge in [-0.1, -0.05) is 18.2 Å². The largest absolute Gasteiger partial charge is 0.493 e. The lowest BCUT2D eigenvalue weighted by Crippen LogP contribution is -2.14. The number of rotatable bonds is 7. The first kappa shape index (κ1) is 19.1. The predicted octanol–water partition coefficient (Wildman–Crippen LogP) is 4.71. The van der Waals surface area contributed by atoms with Gasteiger partial charge < -0.3 is 24.8 Å². The summed E-state index contributed by atoms with van der Waals surface area (Å²) in [5, 5.41) is 6.17. The van der Waals surface area contributed by atoms with E-state index in [4.69, 9.17) is 14.2 Å². The van der Waals surface area contributed by atoms with Crippen LogP contribution in [-0.2, 0) is 0 Å². The number of carbonyl (C=O) groups is 1. The highest BCUT2D eigenvalue weighted by Crippen LogP contribution is 2.39. The maximum atomic E-state index is 12.7. The molecule has 3 aromatic carbocycles. The number of anilines is 3. The summed E-state index contributed by atoms with van der Waals surface area (Å²) in [4.78, 5) is 12.7. The van der Waals surface area contributed by atoms with Gasteiger partial charge in [0.2, 0.25) is 5.75 Å². The second-order valence-electron chi connectivity index (χ2n) is 5.90. The van der Waals surface area contributed by atoms with Gasteiger partial charge in [0, 0.05) is 17.1 Å². The quantitative estimate of drug-likeness (QED) is 0.623. The minimum atomic E-state index is -0.304. The first-order chi connectivity index (χ1) is 13.7. The van der Waals surface area contributed by atoms with Gasteiger partial charge in [0.25, 0.3) is 5.91 Å². The molecule has 0 unspecified atom stereocenters. The molecule has 0 saturated carbocycles. The molecule has 0 aliphatic carbocycles. The molecule has 0 saturated heterocycles. The van der Waals surface area contributed by atoms with E-state index >= 15 is 0 Å². The van der Waals surface area contributed by atoms with Crippen LogP contribution in [0.1, 0.15) is 10.4 Å². The highest BCUT2D eigenvalue weighted by molar-refractivity contribution is 6.07. The number of benzene rings is 3. The number of nitrogens with one attached hydrogen (secondary N) is 2. The van der Waals surface area contributed by atoms with Crippen LogP contribution in [0.2, 0.25) is 0 Å². The lowest BCUT2D eigenvalue weighted by atomic mass is 10.1. The fourth-order valence-corrected chi connectivity index (χ4v) is 2.80. The smallest absolute Gasteiger partial charge is 0.259 e. The topological polar surface area (TPSA) is 68.8 Å². The highest BCUT2D eigenvalue weighted by Gasteiger charge is 2.20. The van der Waals surface area contributed by atoms with E-state index in [2.05, 4.69) is 10.6 Å². The molecule has 0 aliphatic rings. The molecular weight excluding hydrogens is 356 g/mol. The second-order valence-corrected chi connectivity index (χ2v) is 5.90. The summed E-state index contributed by atoms with van der Waals surface area (Å²) < 4.78 is 16.0. The number of hydrogen-bond acceptors (Lipinski definition) is 5. The van der Waals surface area contributed by atoms with E-state index < -0.39 is 0 Å². The van der Waals surface area contributed by atoms with E-state index in [0.29, 0.717) is 28.5 Å². The van der Waals surface area contributed by atoms with Gasteiger partial charge >= 0.3 is 0 Å². The molecule has 0 bridgehead atoms. The number of amides is 1. The van der Waals surface area contributed by atoms with E-state index in [9.17, 15) is 4.79 Å². The molecule has 0 spiro atoms. The Morgan fingerprint density at radius 2 is 1.29 bits per heavy atom. The minimum Gasteiger partial charge on any atom is -0.493 e. The van der Waals surface area contributed by atoms with Crippen molar-refractivity contribution in [3.8, 4) is 17.2 Å². The van der Waals surface area contributed by atoms with Gasteiger partial charge in [-0.2, -0.15) is 0 Å². The molecule has 1 amide bonds. The summed E-state index contributed by atoms with van der Waals surface area (Å²) in [6.45, 7) is 0. The molecule has 0 atom stereocenters. The van der Waals surface area contributed by atoms with Crippen molar-refractivity contribution in [1.29, 1.82) is 0 Å². The van der Waals surface area contributed by atoms with Crippen molar-refractivity contribution in [2.24, 2.45) is 0 Å². The van der Waals surface area contributed by atoms with Gasteiger partial charge in [-0.3, -0.25) is 4.79 Å². The third kappa shape index (κ3) is 4.17. The van der Waals surface area contributed by atoms with Gasteiger partial charge in [-0.25, -0.2) is 0 Å². The van der Waals surface area contributed by atoms with E-state index in [1.807, 2.05) is 54.6 Å². The van der Waals surface area contributed by atoms with Gasteiger partial charge in [-0.15, -0.1) is 0 Å². The minimum absolute atomic E-state index is 0.304. The molecule has 0 fully saturated rings. The molecule has 28 heavy (non-hydrogen) atoms. The number of para-hydroxylation sites is 1. The van der Waals surface area contributed by atoms with Gasteiger partial charge in [-0.05, 0) is 48.5 Å². The Morgan fingerprint density at radius 1 is 0.679 bits per heavy atom. The van der Waals surface area contributed by atoms with E-state index in [1.165, 1.54) is 21.3 Å². The zero-order valence-corrected chi connectivity index (χ0v) is 16.0. The molecule has 2 N–H and O–H groups in total. The van der Waals surface area contributed by atoms with Crippen molar-refractivity contribution in [2.45, 2.75) is 0 Å². The number of hydrogen-bond donors (Lipinski definition) is 2. The Hall–Kier alpha value is -3.67. The molecule has 144 valence electrons. The Kier molecular flexibility index (Phi) is 6.01. The van der Waals surface area contributed by atoms with Crippen LogP contribution in [-0.4, -0.2) is 27.2 Å². The molecule has 6 heteroatoms. The van der Waals surface area contributed by atoms with Crippen LogP contribution < -0.4 is 24.8 Å². The standard InChI is InChI=1S/C22H22N2O4/c1-26-19-14-13-18(20(27-2)21(19)28-3)22(25)24-17-11-9-16(10-12-17)23-15-7-5-4-6-8-15/h4-14,23H,1-3H3,(H,24,25). The fourth-order valence-electron chi connectivity index (χ4n) is 2.80. The Bertz CT molecular complexity index is 941. The molecule has 3 aromatic rings. The summed E-state index contributed by atoms with van der Waals surface area (Å²) in [6, 6.07) is 20.6. The molecular formula is C22H22N2O4. The van der Waals surface area contributed by atoms with Crippen molar-refractivity contribution in [1.82, 2.24) is 0 Å². The van der Waals surface area contributed by atoms with E-state index in [-0.39, 0.29) is 5.91 Å². The average Bonchev–Trinajstić information content (AvgIpc) is 2.74. The highest BCUT2D eigenvalue weighted by atomic mass is 16.5. The van der Waals surface area contributed by atoms with Gasteiger partial charge in [0.05, 0.1) is 26.9 Å². The molecule has 0 aromatic heterocycles. The lowest BCUT2D eigenvalue weighted by molar-refractivity contribution is 0.102. The van der Waals surface area contributed by atoms with Crippen LogP contribution in [0.15, 0.2) is 66.7 Å². The van der Waals surface area contributed by atoms with Crippen molar-refractivity contribution < 1.29 is 19.0 Å². The van der Waals surface area contributed by atoms with Crippen LogP contribution in [0.25, 0.3) is 0 Å². The Balaban J connectivity index is 1.76. The van der Waals surface area contributed by atoms with Crippen LogP contribution in [0, 0.1) is 0 Å². The molecule has 0 radical (unpaired) electrons. The maximum absolute atomic E-state index is 12.7.